The number of aromatic nitrogens is 2. The molecule has 0 spiro atoms. The standard InChI is InChI=1S/C21H26N4O2/c1-4-9-20(26)22-13-12-19-23-17-10-7-8-11-18(17)25(19)16-21(27)24(14-5-2)15-6-3/h4-11H,2-3,12-16H2,1H3,(H,22,26)/b9-4+. The van der Waals surface area contributed by atoms with Crippen molar-refractivity contribution in [2.24, 2.45) is 0 Å². The summed E-state index contributed by atoms with van der Waals surface area (Å²) in [6, 6.07) is 7.71. The highest BCUT2D eigenvalue weighted by Gasteiger charge is 2.17. The van der Waals surface area contributed by atoms with E-state index in [9.17, 15) is 9.59 Å². The highest BCUT2D eigenvalue weighted by atomic mass is 16.2. The summed E-state index contributed by atoms with van der Waals surface area (Å²) in [5, 5.41) is 2.82. The van der Waals surface area contributed by atoms with E-state index in [1.165, 1.54) is 6.08 Å². The Morgan fingerprint density at radius 2 is 1.93 bits per heavy atom. The summed E-state index contributed by atoms with van der Waals surface area (Å²) >= 11 is 0. The van der Waals surface area contributed by atoms with Gasteiger partial charge in [0.25, 0.3) is 0 Å². The molecule has 1 N–H and O–H groups in total. The summed E-state index contributed by atoms with van der Waals surface area (Å²) in [6.45, 7) is 10.8. The van der Waals surface area contributed by atoms with Crippen molar-refractivity contribution < 1.29 is 9.59 Å². The lowest BCUT2D eigenvalue weighted by atomic mass is 10.3. The lowest BCUT2D eigenvalue weighted by Gasteiger charge is -2.20. The Morgan fingerprint density at radius 1 is 1.22 bits per heavy atom. The van der Waals surface area contributed by atoms with Crippen LogP contribution in [0.3, 0.4) is 0 Å². The van der Waals surface area contributed by atoms with Crippen LogP contribution in [-0.4, -0.2) is 45.9 Å². The number of nitrogens with one attached hydrogen (secondary N) is 1. The minimum Gasteiger partial charge on any atom is -0.352 e. The van der Waals surface area contributed by atoms with E-state index in [4.69, 9.17) is 0 Å². The van der Waals surface area contributed by atoms with E-state index in [1.807, 2.05) is 28.8 Å². The molecule has 0 radical (unpaired) electrons. The molecule has 0 bridgehead atoms. The predicted molar refractivity (Wildman–Crippen MR) is 108 cm³/mol. The van der Waals surface area contributed by atoms with Crippen molar-refractivity contribution in [2.45, 2.75) is 19.9 Å². The normalized spacial score (nSPS) is 10.9. The fourth-order valence-electron chi connectivity index (χ4n) is 2.83. The Morgan fingerprint density at radius 3 is 2.59 bits per heavy atom. The maximum absolute atomic E-state index is 12.8. The largest absolute Gasteiger partial charge is 0.352 e. The van der Waals surface area contributed by atoms with Gasteiger partial charge in [0.15, 0.2) is 0 Å². The number of carbonyl (C=O) groups excluding carboxylic acids is 2. The highest BCUT2D eigenvalue weighted by Crippen LogP contribution is 2.17. The Kier molecular flexibility index (Phi) is 7.55. The molecule has 1 aromatic heterocycles. The fourth-order valence-corrected chi connectivity index (χ4v) is 2.83. The van der Waals surface area contributed by atoms with Crippen LogP contribution < -0.4 is 5.32 Å². The van der Waals surface area contributed by atoms with Crippen molar-refractivity contribution >= 4 is 22.8 Å². The molecule has 2 rings (SSSR count). The summed E-state index contributed by atoms with van der Waals surface area (Å²) in [7, 11) is 0. The minimum atomic E-state index is -0.139. The molecule has 0 aliphatic rings. The molecule has 2 amide bonds. The Hall–Kier alpha value is -3.15. The number of benzene rings is 1. The molecule has 2 aromatic rings. The van der Waals surface area contributed by atoms with Crippen molar-refractivity contribution in [3.8, 4) is 0 Å². The van der Waals surface area contributed by atoms with Crippen molar-refractivity contribution in [1.29, 1.82) is 0 Å². The van der Waals surface area contributed by atoms with Gasteiger partial charge in [0.2, 0.25) is 11.8 Å². The maximum Gasteiger partial charge on any atom is 0.243 e. The lowest BCUT2D eigenvalue weighted by molar-refractivity contribution is -0.130. The number of hydrogen-bond acceptors (Lipinski definition) is 3. The summed E-state index contributed by atoms with van der Waals surface area (Å²) in [5.41, 5.74) is 1.73. The van der Waals surface area contributed by atoms with Crippen molar-refractivity contribution in [2.75, 3.05) is 19.6 Å². The van der Waals surface area contributed by atoms with E-state index in [0.29, 0.717) is 26.1 Å². The van der Waals surface area contributed by atoms with Crippen LogP contribution in [0.5, 0.6) is 0 Å². The van der Waals surface area contributed by atoms with Gasteiger partial charge in [-0.15, -0.1) is 13.2 Å². The predicted octanol–water partition coefficient (Wildman–Crippen LogP) is 2.47. The minimum absolute atomic E-state index is 0.0304. The molecule has 0 aliphatic heterocycles. The Balaban J connectivity index is 2.22. The molecule has 142 valence electrons. The molecule has 6 heteroatoms. The Bertz CT molecular complexity index is 841. The van der Waals surface area contributed by atoms with E-state index in [1.54, 1.807) is 30.1 Å². The molecule has 27 heavy (non-hydrogen) atoms. The average molecular weight is 366 g/mol. The van der Waals surface area contributed by atoms with Crippen LogP contribution in [0.1, 0.15) is 12.7 Å². The van der Waals surface area contributed by atoms with E-state index >= 15 is 0 Å². The quantitative estimate of drug-likeness (QED) is 0.519. The van der Waals surface area contributed by atoms with Crippen LogP contribution in [0.4, 0.5) is 0 Å². The van der Waals surface area contributed by atoms with E-state index in [0.717, 1.165) is 16.9 Å². The van der Waals surface area contributed by atoms with Crippen LogP contribution in [0.15, 0.2) is 61.7 Å². The van der Waals surface area contributed by atoms with Crippen LogP contribution in [0, 0.1) is 0 Å². The SMILES string of the molecule is C=CCN(CC=C)C(=O)Cn1c(CCNC(=O)/C=C/C)nc2ccccc21. The zero-order valence-electron chi connectivity index (χ0n) is 15.7. The molecule has 0 saturated heterocycles. The van der Waals surface area contributed by atoms with Gasteiger partial charge in [-0.1, -0.05) is 30.4 Å². The first kappa shape index (κ1) is 20.2. The molecule has 0 atom stereocenters. The molecule has 0 fully saturated rings. The van der Waals surface area contributed by atoms with Crippen LogP contribution in [-0.2, 0) is 22.6 Å². The highest BCUT2D eigenvalue weighted by molar-refractivity contribution is 5.87. The molecule has 1 aromatic carbocycles. The molecular formula is C21H26N4O2. The number of para-hydroxylation sites is 2. The topological polar surface area (TPSA) is 67.2 Å². The third-order valence-corrected chi connectivity index (χ3v) is 4.04. The van der Waals surface area contributed by atoms with Gasteiger partial charge in [-0.3, -0.25) is 9.59 Å². The zero-order valence-corrected chi connectivity index (χ0v) is 15.7. The second-order valence-electron chi connectivity index (χ2n) is 6.02. The van der Waals surface area contributed by atoms with Gasteiger partial charge in [-0.2, -0.15) is 0 Å². The molecule has 0 unspecified atom stereocenters. The van der Waals surface area contributed by atoms with Gasteiger partial charge < -0.3 is 14.8 Å². The third-order valence-electron chi connectivity index (χ3n) is 4.04. The summed E-state index contributed by atoms with van der Waals surface area (Å²) in [4.78, 5) is 30.7. The number of amides is 2. The fraction of sp³-hybridized carbons (Fsp3) is 0.286. The second-order valence-corrected chi connectivity index (χ2v) is 6.02. The number of fused-ring (bicyclic) bond motifs is 1. The first-order valence-electron chi connectivity index (χ1n) is 8.95. The summed E-state index contributed by atoms with van der Waals surface area (Å²) in [5.74, 6) is 0.596. The molecule has 1 heterocycles. The van der Waals surface area contributed by atoms with Gasteiger partial charge in [-0.05, 0) is 25.1 Å². The van der Waals surface area contributed by atoms with Crippen LogP contribution in [0.25, 0.3) is 11.0 Å². The van der Waals surface area contributed by atoms with Gasteiger partial charge in [0.05, 0.1) is 11.0 Å². The zero-order chi connectivity index (χ0) is 19.6. The van der Waals surface area contributed by atoms with E-state index in [-0.39, 0.29) is 18.4 Å². The third kappa shape index (κ3) is 5.41. The molecule has 6 nitrogen and oxygen atoms in total. The summed E-state index contributed by atoms with van der Waals surface area (Å²) in [6.07, 6.45) is 7.11. The van der Waals surface area contributed by atoms with Gasteiger partial charge in [0.1, 0.15) is 12.4 Å². The van der Waals surface area contributed by atoms with E-state index < -0.39 is 0 Å². The maximum atomic E-state index is 12.8. The number of carbonyl (C=O) groups is 2. The molecule has 0 aliphatic carbocycles. The van der Waals surface area contributed by atoms with Gasteiger partial charge in [-0.25, -0.2) is 4.98 Å². The number of nitrogens with zero attached hydrogens (tertiary/aromatic N) is 3. The smallest absolute Gasteiger partial charge is 0.243 e. The van der Waals surface area contributed by atoms with Crippen molar-refractivity contribution in [1.82, 2.24) is 19.8 Å². The Labute approximate surface area is 159 Å². The van der Waals surface area contributed by atoms with Crippen LogP contribution in [0.2, 0.25) is 0 Å². The molecular weight excluding hydrogens is 340 g/mol. The van der Waals surface area contributed by atoms with E-state index in [2.05, 4.69) is 23.5 Å². The first-order chi connectivity index (χ1) is 13.1. The van der Waals surface area contributed by atoms with Crippen molar-refractivity contribution in [3.05, 3.63) is 67.6 Å². The number of imidazole rings is 1. The number of hydrogen-bond donors (Lipinski definition) is 1. The van der Waals surface area contributed by atoms with Gasteiger partial charge >= 0.3 is 0 Å². The lowest BCUT2D eigenvalue weighted by Crippen LogP contribution is -2.34. The van der Waals surface area contributed by atoms with Crippen molar-refractivity contribution in [3.63, 3.8) is 0 Å². The molecule has 0 saturated carbocycles. The van der Waals surface area contributed by atoms with Gasteiger partial charge in [0, 0.05) is 26.1 Å². The number of rotatable bonds is 10. The monoisotopic (exact) mass is 366 g/mol. The van der Waals surface area contributed by atoms with Crippen LogP contribution >= 0.6 is 0 Å². The second kappa shape index (κ2) is 10.1. The first-order valence-corrected chi connectivity index (χ1v) is 8.95. The number of allylic oxidation sites excluding steroid dienone is 1. The summed E-state index contributed by atoms with van der Waals surface area (Å²) < 4.78 is 1.92. The average Bonchev–Trinajstić information content (AvgIpc) is 2.99.